The second-order valence-corrected chi connectivity index (χ2v) is 4.88. The van der Waals surface area contributed by atoms with E-state index in [1.54, 1.807) is 23.1 Å². The molecule has 1 amide bonds. The van der Waals surface area contributed by atoms with Gasteiger partial charge in [-0.3, -0.25) is 4.79 Å². The van der Waals surface area contributed by atoms with Gasteiger partial charge in [-0.1, -0.05) is 11.6 Å². The first-order chi connectivity index (χ1) is 10.0. The van der Waals surface area contributed by atoms with Crippen molar-refractivity contribution < 1.29 is 9.53 Å². The van der Waals surface area contributed by atoms with Gasteiger partial charge in [-0.15, -0.1) is 0 Å². The molecule has 0 atom stereocenters. The maximum absolute atomic E-state index is 12.1. The molecule has 0 saturated carbocycles. The van der Waals surface area contributed by atoms with Crippen molar-refractivity contribution in [2.75, 3.05) is 31.4 Å². The average molecular weight is 307 g/mol. The zero-order chi connectivity index (χ0) is 15.4. The topological polar surface area (TPSA) is 67.3 Å². The largest absolute Gasteiger partial charge is 0.495 e. The number of nitrogens with zero attached hydrogens (tertiary/aromatic N) is 3. The van der Waals surface area contributed by atoms with Gasteiger partial charge in [-0.25, -0.2) is 9.97 Å². The minimum absolute atomic E-state index is 0.304. The van der Waals surface area contributed by atoms with Gasteiger partial charge in [0.15, 0.2) is 0 Å². The molecule has 1 N–H and O–H groups in total. The van der Waals surface area contributed by atoms with Crippen LogP contribution in [0.4, 0.5) is 11.6 Å². The number of anilines is 2. The van der Waals surface area contributed by atoms with E-state index in [4.69, 9.17) is 16.3 Å². The van der Waals surface area contributed by atoms with Crippen LogP contribution in [-0.2, 0) is 0 Å². The van der Waals surface area contributed by atoms with Crippen LogP contribution in [-0.4, -0.2) is 37.1 Å². The van der Waals surface area contributed by atoms with Crippen molar-refractivity contribution in [3.63, 3.8) is 0 Å². The van der Waals surface area contributed by atoms with Crippen molar-refractivity contribution in [1.82, 2.24) is 9.97 Å². The monoisotopic (exact) mass is 306 g/mol. The van der Waals surface area contributed by atoms with Crippen LogP contribution in [0.25, 0.3) is 0 Å². The van der Waals surface area contributed by atoms with Gasteiger partial charge in [0, 0.05) is 32.2 Å². The molecule has 0 aliphatic carbocycles. The number of aromatic nitrogens is 2. The molecule has 0 aliphatic heterocycles. The zero-order valence-electron chi connectivity index (χ0n) is 11.9. The zero-order valence-corrected chi connectivity index (χ0v) is 12.7. The van der Waals surface area contributed by atoms with E-state index in [-0.39, 0.29) is 5.91 Å². The van der Waals surface area contributed by atoms with E-state index in [0.717, 1.165) is 0 Å². The molecule has 0 bridgehead atoms. The standard InChI is InChI=1S/C14H15ClN4O2/c1-19(2)14-16-7-9(8-17-14)13(20)18-10-4-5-12(21-3)11(15)6-10/h4-8H,1-3H3,(H,18,20). The minimum Gasteiger partial charge on any atom is -0.495 e. The Morgan fingerprint density at radius 1 is 1.29 bits per heavy atom. The first-order valence-corrected chi connectivity index (χ1v) is 6.53. The number of nitrogens with one attached hydrogen (secondary N) is 1. The molecule has 1 heterocycles. The number of rotatable bonds is 4. The molecule has 0 radical (unpaired) electrons. The van der Waals surface area contributed by atoms with Crippen LogP contribution in [0.5, 0.6) is 5.75 Å². The number of ether oxygens (including phenoxy) is 1. The fourth-order valence-corrected chi connectivity index (χ4v) is 1.87. The summed E-state index contributed by atoms with van der Waals surface area (Å²) in [6, 6.07) is 5.01. The van der Waals surface area contributed by atoms with E-state index in [9.17, 15) is 4.79 Å². The predicted octanol–water partition coefficient (Wildman–Crippen LogP) is 2.46. The van der Waals surface area contributed by atoms with Crippen LogP contribution in [0.3, 0.4) is 0 Å². The Kier molecular flexibility index (Phi) is 4.59. The molecule has 0 aliphatic rings. The number of carbonyl (C=O) groups is 1. The van der Waals surface area contributed by atoms with E-state index in [0.29, 0.717) is 28.0 Å². The highest BCUT2D eigenvalue weighted by Gasteiger charge is 2.09. The fraction of sp³-hybridized carbons (Fsp3) is 0.214. The molecule has 0 saturated heterocycles. The van der Waals surface area contributed by atoms with E-state index in [1.165, 1.54) is 19.5 Å². The van der Waals surface area contributed by atoms with Gasteiger partial charge >= 0.3 is 0 Å². The Hall–Kier alpha value is -2.34. The molecule has 7 heteroatoms. The van der Waals surface area contributed by atoms with Crippen molar-refractivity contribution in [3.8, 4) is 5.75 Å². The summed E-state index contributed by atoms with van der Waals surface area (Å²) in [4.78, 5) is 22.0. The van der Waals surface area contributed by atoms with E-state index < -0.39 is 0 Å². The van der Waals surface area contributed by atoms with Crippen LogP contribution >= 0.6 is 11.6 Å². The van der Waals surface area contributed by atoms with Crippen molar-refractivity contribution in [3.05, 3.63) is 41.2 Å². The fourth-order valence-electron chi connectivity index (χ4n) is 1.62. The lowest BCUT2D eigenvalue weighted by molar-refractivity contribution is 0.102. The molecular weight excluding hydrogens is 292 g/mol. The lowest BCUT2D eigenvalue weighted by atomic mass is 10.2. The maximum atomic E-state index is 12.1. The van der Waals surface area contributed by atoms with Gasteiger partial charge in [0.2, 0.25) is 5.95 Å². The highest BCUT2D eigenvalue weighted by atomic mass is 35.5. The summed E-state index contributed by atoms with van der Waals surface area (Å²) in [6.07, 6.45) is 2.95. The summed E-state index contributed by atoms with van der Waals surface area (Å²) in [5.74, 6) is 0.786. The molecule has 0 fully saturated rings. The number of hydrogen-bond donors (Lipinski definition) is 1. The van der Waals surface area contributed by atoms with Crippen LogP contribution in [0.2, 0.25) is 5.02 Å². The molecule has 6 nitrogen and oxygen atoms in total. The Bertz CT molecular complexity index is 644. The molecule has 1 aromatic heterocycles. The van der Waals surface area contributed by atoms with Gasteiger partial charge in [-0.05, 0) is 18.2 Å². The Labute approximate surface area is 127 Å². The highest BCUT2D eigenvalue weighted by molar-refractivity contribution is 6.32. The molecule has 0 spiro atoms. The second-order valence-electron chi connectivity index (χ2n) is 4.47. The first-order valence-electron chi connectivity index (χ1n) is 6.15. The molecule has 0 unspecified atom stereocenters. The first kappa shape index (κ1) is 15.1. The minimum atomic E-state index is -0.304. The quantitative estimate of drug-likeness (QED) is 0.940. The van der Waals surface area contributed by atoms with Crippen molar-refractivity contribution in [2.45, 2.75) is 0 Å². The SMILES string of the molecule is COc1ccc(NC(=O)c2cnc(N(C)C)nc2)cc1Cl. The predicted molar refractivity (Wildman–Crippen MR) is 82.3 cm³/mol. The number of hydrogen-bond acceptors (Lipinski definition) is 5. The summed E-state index contributed by atoms with van der Waals surface area (Å²) >= 11 is 6.01. The number of carbonyl (C=O) groups excluding carboxylic acids is 1. The van der Waals surface area contributed by atoms with Crippen LogP contribution < -0.4 is 15.0 Å². The number of halogens is 1. The van der Waals surface area contributed by atoms with Crippen LogP contribution in [0.15, 0.2) is 30.6 Å². The van der Waals surface area contributed by atoms with Gasteiger partial charge in [0.05, 0.1) is 17.7 Å². The number of benzene rings is 1. The second kappa shape index (κ2) is 6.41. The normalized spacial score (nSPS) is 10.1. The molecule has 1 aromatic carbocycles. The van der Waals surface area contributed by atoms with E-state index in [1.807, 2.05) is 14.1 Å². The number of methoxy groups -OCH3 is 1. The summed E-state index contributed by atoms with van der Waals surface area (Å²) in [5, 5.41) is 3.15. The molecule has 21 heavy (non-hydrogen) atoms. The summed E-state index contributed by atoms with van der Waals surface area (Å²) in [7, 11) is 5.19. The maximum Gasteiger partial charge on any atom is 0.258 e. The molecule has 110 valence electrons. The van der Waals surface area contributed by atoms with Crippen molar-refractivity contribution >= 4 is 29.1 Å². The Morgan fingerprint density at radius 2 is 1.95 bits per heavy atom. The molecular formula is C14H15ClN4O2. The Morgan fingerprint density at radius 3 is 2.48 bits per heavy atom. The van der Waals surface area contributed by atoms with Crippen LogP contribution in [0, 0.1) is 0 Å². The van der Waals surface area contributed by atoms with Gasteiger partial charge < -0.3 is 15.0 Å². The van der Waals surface area contributed by atoms with Gasteiger partial charge in [0.25, 0.3) is 5.91 Å². The lowest BCUT2D eigenvalue weighted by Gasteiger charge is -2.10. The van der Waals surface area contributed by atoms with E-state index in [2.05, 4.69) is 15.3 Å². The van der Waals surface area contributed by atoms with Crippen molar-refractivity contribution in [1.29, 1.82) is 0 Å². The number of amides is 1. The Balaban J connectivity index is 2.12. The summed E-state index contributed by atoms with van der Waals surface area (Å²) < 4.78 is 5.06. The highest BCUT2D eigenvalue weighted by Crippen LogP contribution is 2.27. The smallest absolute Gasteiger partial charge is 0.258 e. The van der Waals surface area contributed by atoms with Crippen molar-refractivity contribution in [2.24, 2.45) is 0 Å². The average Bonchev–Trinajstić information content (AvgIpc) is 2.47. The third kappa shape index (κ3) is 3.61. The summed E-state index contributed by atoms with van der Waals surface area (Å²) in [6.45, 7) is 0. The van der Waals surface area contributed by atoms with Gasteiger partial charge in [0.1, 0.15) is 5.75 Å². The van der Waals surface area contributed by atoms with Gasteiger partial charge in [-0.2, -0.15) is 0 Å². The third-order valence-electron chi connectivity index (χ3n) is 2.71. The van der Waals surface area contributed by atoms with E-state index >= 15 is 0 Å². The molecule has 2 rings (SSSR count). The summed E-state index contributed by atoms with van der Waals surface area (Å²) in [5.41, 5.74) is 0.940. The third-order valence-corrected chi connectivity index (χ3v) is 3.01. The molecule has 2 aromatic rings. The lowest BCUT2D eigenvalue weighted by Crippen LogP contribution is -2.16. The van der Waals surface area contributed by atoms with Crippen LogP contribution in [0.1, 0.15) is 10.4 Å².